The van der Waals surface area contributed by atoms with E-state index in [-0.39, 0.29) is 28.5 Å². The van der Waals surface area contributed by atoms with Crippen LogP contribution >= 0.6 is 0 Å². The summed E-state index contributed by atoms with van der Waals surface area (Å²) in [4.78, 5) is 34.6. The standard InChI is InChI=1S/C23H10F5NO7/c24-17-18(25)20(27)23(21(28)19(17)26)34-9-16(30)35-12-5-6-13-14(8-12)36-15(22(13)31)7-10-1-3-11(4-2-10)29(32)33/h1-8H,9H2/b15-7-. The molecule has 184 valence electrons. The number of hydrogen-bond acceptors (Lipinski definition) is 7. The molecule has 4 rings (SSSR count). The summed E-state index contributed by atoms with van der Waals surface area (Å²) in [6.45, 7) is -1.21. The minimum absolute atomic E-state index is 0.000791. The minimum Gasteiger partial charge on any atom is -0.476 e. The molecule has 0 aliphatic carbocycles. The molecular formula is C23H10F5NO7. The minimum atomic E-state index is -2.38. The fourth-order valence-electron chi connectivity index (χ4n) is 3.08. The van der Waals surface area contributed by atoms with Crippen LogP contribution < -0.4 is 14.2 Å². The molecule has 36 heavy (non-hydrogen) atoms. The number of hydrogen-bond donors (Lipinski definition) is 0. The zero-order valence-electron chi connectivity index (χ0n) is 17.5. The number of nitro benzene ring substituents is 1. The average molecular weight is 507 g/mol. The predicted molar refractivity (Wildman–Crippen MR) is 110 cm³/mol. The van der Waals surface area contributed by atoms with Crippen LogP contribution in [0.1, 0.15) is 15.9 Å². The molecule has 0 unspecified atom stereocenters. The van der Waals surface area contributed by atoms with Gasteiger partial charge in [-0.05, 0) is 35.9 Å². The van der Waals surface area contributed by atoms with Crippen molar-refractivity contribution in [2.75, 3.05) is 6.61 Å². The second-order valence-corrected chi connectivity index (χ2v) is 7.11. The number of carbonyl (C=O) groups excluding carboxylic acids is 2. The van der Waals surface area contributed by atoms with Crippen LogP contribution in [-0.4, -0.2) is 23.3 Å². The highest BCUT2D eigenvalue weighted by molar-refractivity contribution is 6.14. The molecule has 3 aromatic carbocycles. The van der Waals surface area contributed by atoms with Crippen molar-refractivity contribution < 1.29 is 50.7 Å². The predicted octanol–water partition coefficient (Wildman–Crippen LogP) is 4.89. The van der Waals surface area contributed by atoms with Gasteiger partial charge in [0.15, 0.2) is 18.1 Å². The van der Waals surface area contributed by atoms with Crippen molar-refractivity contribution in [1.82, 2.24) is 0 Å². The number of nitrogens with zero attached hydrogens (tertiary/aromatic N) is 1. The van der Waals surface area contributed by atoms with E-state index < -0.39 is 58.1 Å². The van der Waals surface area contributed by atoms with Crippen LogP contribution in [0.15, 0.2) is 48.2 Å². The number of allylic oxidation sites excluding steroid dienone is 1. The lowest BCUT2D eigenvalue weighted by Crippen LogP contribution is -2.19. The molecule has 13 heteroatoms. The number of halogens is 5. The number of ketones is 1. The summed E-state index contributed by atoms with van der Waals surface area (Å²) in [7, 11) is 0. The molecule has 0 radical (unpaired) electrons. The molecule has 0 spiro atoms. The maximum absolute atomic E-state index is 13.6. The molecule has 0 saturated carbocycles. The van der Waals surface area contributed by atoms with Crippen molar-refractivity contribution in [2.24, 2.45) is 0 Å². The zero-order valence-corrected chi connectivity index (χ0v) is 17.5. The number of benzene rings is 3. The van der Waals surface area contributed by atoms with Gasteiger partial charge in [0.25, 0.3) is 5.69 Å². The first kappa shape index (κ1) is 24.3. The third-order valence-electron chi connectivity index (χ3n) is 4.78. The molecule has 1 aliphatic rings. The van der Waals surface area contributed by atoms with Crippen LogP contribution in [-0.2, 0) is 4.79 Å². The Hall–Kier alpha value is -4.81. The van der Waals surface area contributed by atoms with Gasteiger partial charge in [-0.1, -0.05) is 0 Å². The highest BCUT2D eigenvalue weighted by Gasteiger charge is 2.29. The van der Waals surface area contributed by atoms with Gasteiger partial charge in [-0.25, -0.2) is 18.0 Å². The van der Waals surface area contributed by atoms with Crippen molar-refractivity contribution in [1.29, 1.82) is 0 Å². The third kappa shape index (κ3) is 4.58. The van der Waals surface area contributed by atoms with Gasteiger partial charge in [0.05, 0.1) is 10.5 Å². The Morgan fingerprint density at radius 2 is 1.56 bits per heavy atom. The van der Waals surface area contributed by atoms with Gasteiger partial charge in [0.1, 0.15) is 11.5 Å². The van der Waals surface area contributed by atoms with E-state index in [1.165, 1.54) is 42.5 Å². The topological polar surface area (TPSA) is 105 Å². The summed E-state index contributed by atoms with van der Waals surface area (Å²) >= 11 is 0. The van der Waals surface area contributed by atoms with Crippen LogP contribution in [0.25, 0.3) is 6.08 Å². The Morgan fingerprint density at radius 1 is 0.944 bits per heavy atom. The Labute approximate surface area is 197 Å². The zero-order chi connectivity index (χ0) is 26.1. The molecule has 0 fully saturated rings. The fraction of sp³-hybridized carbons (Fsp3) is 0.0435. The number of esters is 1. The van der Waals surface area contributed by atoms with E-state index in [9.17, 15) is 41.7 Å². The van der Waals surface area contributed by atoms with Crippen molar-refractivity contribution in [3.63, 3.8) is 0 Å². The van der Waals surface area contributed by atoms with Gasteiger partial charge in [0, 0.05) is 18.2 Å². The Bertz CT molecular complexity index is 1430. The molecule has 1 aliphatic heterocycles. The number of ether oxygens (including phenoxy) is 3. The molecule has 0 bridgehead atoms. The van der Waals surface area contributed by atoms with Crippen molar-refractivity contribution in [3.8, 4) is 17.2 Å². The Kier molecular flexibility index (Phi) is 6.38. The van der Waals surface area contributed by atoms with E-state index in [1.54, 1.807) is 0 Å². The number of non-ortho nitro benzene ring substituents is 1. The summed E-state index contributed by atoms with van der Waals surface area (Å²) in [5.74, 6) is -15.1. The third-order valence-corrected chi connectivity index (χ3v) is 4.78. The maximum Gasteiger partial charge on any atom is 0.349 e. The molecule has 0 atom stereocenters. The lowest BCUT2D eigenvalue weighted by Gasteiger charge is -2.10. The summed E-state index contributed by atoms with van der Waals surface area (Å²) in [6, 6.07) is 8.91. The van der Waals surface area contributed by atoms with Gasteiger partial charge >= 0.3 is 5.97 Å². The van der Waals surface area contributed by atoms with Gasteiger partial charge in [0.2, 0.25) is 34.9 Å². The average Bonchev–Trinajstić information content (AvgIpc) is 3.16. The van der Waals surface area contributed by atoms with Crippen molar-refractivity contribution in [3.05, 3.63) is 98.6 Å². The summed E-state index contributed by atoms with van der Waals surface area (Å²) < 4.78 is 81.6. The summed E-state index contributed by atoms with van der Waals surface area (Å²) in [5.41, 5.74) is 0.406. The monoisotopic (exact) mass is 507 g/mol. The lowest BCUT2D eigenvalue weighted by molar-refractivity contribution is -0.384. The maximum atomic E-state index is 13.6. The Morgan fingerprint density at radius 3 is 2.17 bits per heavy atom. The highest BCUT2D eigenvalue weighted by Crippen LogP contribution is 2.35. The molecule has 0 N–H and O–H groups in total. The van der Waals surface area contributed by atoms with Gasteiger partial charge < -0.3 is 14.2 Å². The molecule has 0 amide bonds. The van der Waals surface area contributed by atoms with E-state index in [1.807, 2.05) is 0 Å². The van der Waals surface area contributed by atoms with Crippen LogP contribution in [0.5, 0.6) is 17.2 Å². The fourth-order valence-corrected chi connectivity index (χ4v) is 3.08. The lowest BCUT2D eigenvalue weighted by atomic mass is 10.1. The van der Waals surface area contributed by atoms with E-state index in [0.717, 1.165) is 6.07 Å². The van der Waals surface area contributed by atoms with Crippen LogP contribution in [0.3, 0.4) is 0 Å². The second kappa shape index (κ2) is 9.44. The highest BCUT2D eigenvalue weighted by atomic mass is 19.2. The molecule has 3 aromatic rings. The van der Waals surface area contributed by atoms with E-state index in [4.69, 9.17) is 9.47 Å². The Balaban J connectivity index is 1.44. The number of carbonyl (C=O) groups is 2. The van der Waals surface area contributed by atoms with Crippen molar-refractivity contribution in [2.45, 2.75) is 0 Å². The molecule has 1 heterocycles. The molecule has 8 nitrogen and oxygen atoms in total. The first-order valence-corrected chi connectivity index (χ1v) is 9.74. The number of rotatable bonds is 6. The summed E-state index contributed by atoms with van der Waals surface area (Å²) in [5, 5.41) is 10.7. The smallest absolute Gasteiger partial charge is 0.349 e. The quantitative estimate of drug-likeness (QED) is 0.0684. The first-order valence-electron chi connectivity index (χ1n) is 9.74. The van der Waals surface area contributed by atoms with Crippen molar-refractivity contribution >= 4 is 23.5 Å². The summed E-state index contributed by atoms with van der Waals surface area (Å²) in [6.07, 6.45) is 1.34. The largest absolute Gasteiger partial charge is 0.476 e. The van der Waals surface area contributed by atoms with Gasteiger partial charge in [-0.2, -0.15) is 8.78 Å². The van der Waals surface area contributed by atoms with Crippen LogP contribution in [0.2, 0.25) is 0 Å². The van der Waals surface area contributed by atoms with E-state index in [2.05, 4.69) is 4.74 Å². The molecule has 0 saturated heterocycles. The second-order valence-electron chi connectivity index (χ2n) is 7.11. The number of fused-ring (bicyclic) bond motifs is 1. The van der Waals surface area contributed by atoms with Gasteiger partial charge in [-0.3, -0.25) is 14.9 Å². The van der Waals surface area contributed by atoms with Gasteiger partial charge in [-0.15, -0.1) is 0 Å². The number of nitro groups is 1. The van der Waals surface area contributed by atoms with Crippen LogP contribution in [0.4, 0.5) is 27.6 Å². The molecule has 0 aromatic heterocycles. The molecular weight excluding hydrogens is 497 g/mol. The SMILES string of the molecule is O=C(COc1c(F)c(F)c(F)c(F)c1F)Oc1ccc2c(c1)O/C(=C\c1ccc([N+](=O)[O-])cc1)C2=O. The number of Topliss-reactive ketones (excluding diaryl/α,β-unsaturated/α-hetero) is 1. The van der Waals surface area contributed by atoms with Crippen LogP contribution in [0, 0.1) is 39.2 Å². The van der Waals surface area contributed by atoms with E-state index in [0.29, 0.717) is 5.56 Å². The van der Waals surface area contributed by atoms with E-state index >= 15 is 0 Å². The first-order chi connectivity index (χ1) is 17.1. The normalized spacial score (nSPS) is 13.4.